The largest absolute Gasteiger partial charge is 0.372 e. The molecule has 1 unspecified atom stereocenters. The molecule has 0 fully saturated rings. The molecule has 19 heavy (non-hydrogen) atoms. The average Bonchev–Trinajstić information content (AvgIpc) is 2.34. The smallest absolute Gasteiger partial charge is 0.0726 e. The van der Waals surface area contributed by atoms with Crippen LogP contribution in [-0.4, -0.2) is 19.2 Å². The molecule has 0 saturated heterocycles. The number of rotatable bonds is 8. The molecule has 0 bridgehead atoms. The fourth-order valence-corrected chi connectivity index (χ4v) is 1.91. The van der Waals surface area contributed by atoms with Gasteiger partial charge in [0.25, 0.3) is 0 Å². The number of halogens is 1. The monoisotopic (exact) mass is 283 g/mol. The molecule has 0 aliphatic rings. The zero-order valence-corrected chi connectivity index (χ0v) is 13.2. The van der Waals surface area contributed by atoms with Gasteiger partial charge in [-0.1, -0.05) is 51.4 Å². The number of nitrogens with one attached hydrogen (secondary N) is 1. The Kier molecular flexibility index (Phi) is 7.44. The Hall–Kier alpha value is -0.570. The Morgan fingerprint density at radius 2 is 1.68 bits per heavy atom. The van der Waals surface area contributed by atoms with E-state index in [1.165, 1.54) is 5.56 Å². The van der Waals surface area contributed by atoms with Crippen molar-refractivity contribution < 1.29 is 4.74 Å². The molecule has 1 aromatic rings. The molecule has 0 heterocycles. The summed E-state index contributed by atoms with van der Waals surface area (Å²) < 4.78 is 6.01. The SMILES string of the molecule is CC(C)CNCC(OCc1ccc(Cl)cc1)C(C)C. The summed E-state index contributed by atoms with van der Waals surface area (Å²) in [6, 6.07) is 7.84. The van der Waals surface area contributed by atoms with E-state index >= 15 is 0 Å². The second-order valence-corrected chi connectivity index (χ2v) is 6.21. The summed E-state index contributed by atoms with van der Waals surface area (Å²) in [6.07, 6.45) is 0.245. The van der Waals surface area contributed by atoms with Crippen molar-refractivity contribution in [1.29, 1.82) is 0 Å². The summed E-state index contributed by atoms with van der Waals surface area (Å²) in [7, 11) is 0. The normalized spacial score (nSPS) is 13.2. The average molecular weight is 284 g/mol. The molecule has 0 saturated carbocycles. The Labute approximate surface area is 122 Å². The maximum absolute atomic E-state index is 6.01. The third-order valence-electron chi connectivity index (χ3n) is 3.02. The number of hydrogen-bond donors (Lipinski definition) is 1. The number of ether oxygens (including phenoxy) is 1. The highest BCUT2D eigenvalue weighted by Crippen LogP contribution is 2.13. The van der Waals surface area contributed by atoms with Crippen molar-refractivity contribution in [3.05, 3.63) is 34.9 Å². The van der Waals surface area contributed by atoms with Crippen molar-refractivity contribution >= 4 is 11.6 Å². The molecule has 1 rings (SSSR count). The molecular weight excluding hydrogens is 258 g/mol. The van der Waals surface area contributed by atoms with Crippen molar-refractivity contribution in [2.45, 2.75) is 40.4 Å². The van der Waals surface area contributed by atoms with E-state index in [0.717, 1.165) is 18.1 Å². The second kappa shape index (κ2) is 8.57. The summed E-state index contributed by atoms with van der Waals surface area (Å²) in [5.74, 6) is 1.18. The van der Waals surface area contributed by atoms with Crippen LogP contribution in [-0.2, 0) is 11.3 Å². The van der Waals surface area contributed by atoms with E-state index in [0.29, 0.717) is 18.4 Å². The van der Waals surface area contributed by atoms with Crippen LogP contribution in [0.5, 0.6) is 0 Å². The van der Waals surface area contributed by atoms with Crippen LogP contribution in [0.3, 0.4) is 0 Å². The highest BCUT2D eigenvalue weighted by atomic mass is 35.5. The van der Waals surface area contributed by atoms with Crippen LogP contribution in [0.15, 0.2) is 24.3 Å². The van der Waals surface area contributed by atoms with Crippen molar-refractivity contribution in [2.75, 3.05) is 13.1 Å². The molecule has 108 valence electrons. The van der Waals surface area contributed by atoms with Crippen LogP contribution >= 0.6 is 11.6 Å². The summed E-state index contributed by atoms with van der Waals surface area (Å²) >= 11 is 5.87. The minimum absolute atomic E-state index is 0.245. The standard InChI is InChI=1S/C16H26ClNO/c1-12(2)9-18-10-16(13(3)4)19-11-14-5-7-15(17)8-6-14/h5-8,12-13,16,18H,9-11H2,1-4H3. The number of benzene rings is 1. The maximum Gasteiger partial charge on any atom is 0.0726 e. The van der Waals surface area contributed by atoms with Gasteiger partial charge in [0.1, 0.15) is 0 Å². The van der Waals surface area contributed by atoms with Gasteiger partial charge in [0.2, 0.25) is 0 Å². The molecule has 0 amide bonds. The van der Waals surface area contributed by atoms with Gasteiger partial charge < -0.3 is 10.1 Å². The summed E-state index contributed by atoms with van der Waals surface area (Å²) in [4.78, 5) is 0. The molecule has 0 aliphatic carbocycles. The van der Waals surface area contributed by atoms with E-state index in [1.54, 1.807) is 0 Å². The van der Waals surface area contributed by atoms with Gasteiger partial charge in [0.15, 0.2) is 0 Å². The lowest BCUT2D eigenvalue weighted by Crippen LogP contribution is -2.34. The molecule has 1 aromatic carbocycles. The quantitative estimate of drug-likeness (QED) is 0.775. The lowest BCUT2D eigenvalue weighted by atomic mass is 10.1. The van der Waals surface area contributed by atoms with Crippen LogP contribution in [0.25, 0.3) is 0 Å². The molecule has 0 aromatic heterocycles. The predicted molar refractivity (Wildman–Crippen MR) is 82.6 cm³/mol. The van der Waals surface area contributed by atoms with Gasteiger partial charge >= 0.3 is 0 Å². The molecule has 2 nitrogen and oxygen atoms in total. The van der Waals surface area contributed by atoms with Gasteiger partial charge in [-0.15, -0.1) is 0 Å². The zero-order chi connectivity index (χ0) is 14.3. The second-order valence-electron chi connectivity index (χ2n) is 5.77. The Morgan fingerprint density at radius 3 is 2.21 bits per heavy atom. The Morgan fingerprint density at radius 1 is 1.05 bits per heavy atom. The number of hydrogen-bond acceptors (Lipinski definition) is 2. The fourth-order valence-electron chi connectivity index (χ4n) is 1.79. The minimum atomic E-state index is 0.245. The van der Waals surface area contributed by atoms with Gasteiger partial charge in [0, 0.05) is 11.6 Å². The van der Waals surface area contributed by atoms with E-state index < -0.39 is 0 Å². The summed E-state index contributed by atoms with van der Waals surface area (Å²) in [6.45, 7) is 11.4. The molecule has 0 aliphatic heterocycles. The molecule has 1 atom stereocenters. The zero-order valence-electron chi connectivity index (χ0n) is 12.4. The highest BCUT2D eigenvalue weighted by molar-refractivity contribution is 6.30. The lowest BCUT2D eigenvalue weighted by molar-refractivity contribution is 0.0111. The molecule has 3 heteroatoms. The van der Waals surface area contributed by atoms with Gasteiger partial charge in [-0.25, -0.2) is 0 Å². The van der Waals surface area contributed by atoms with E-state index in [-0.39, 0.29) is 6.10 Å². The van der Waals surface area contributed by atoms with Gasteiger partial charge in [-0.3, -0.25) is 0 Å². The van der Waals surface area contributed by atoms with Crippen LogP contribution in [0.1, 0.15) is 33.3 Å². The third-order valence-corrected chi connectivity index (χ3v) is 3.27. The summed E-state index contributed by atoms with van der Waals surface area (Å²) in [5.41, 5.74) is 1.17. The molecule has 0 radical (unpaired) electrons. The first-order chi connectivity index (χ1) is 8.99. The van der Waals surface area contributed by atoms with Crippen LogP contribution in [0.4, 0.5) is 0 Å². The maximum atomic E-state index is 6.01. The highest BCUT2D eigenvalue weighted by Gasteiger charge is 2.13. The van der Waals surface area contributed by atoms with E-state index in [2.05, 4.69) is 33.0 Å². The minimum Gasteiger partial charge on any atom is -0.372 e. The van der Waals surface area contributed by atoms with E-state index in [9.17, 15) is 0 Å². The first-order valence-corrected chi connectivity index (χ1v) is 7.43. The van der Waals surface area contributed by atoms with E-state index in [1.807, 2.05) is 24.3 Å². The lowest BCUT2D eigenvalue weighted by Gasteiger charge is -2.22. The van der Waals surface area contributed by atoms with Crippen molar-refractivity contribution in [3.63, 3.8) is 0 Å². The van der Waals surface area contributed by atoms with Crippen molar-refractivity contribution in [2.24, 2.45) is 11.8 Å². The van der Waals surface area contributed by atoms with E-state index in [4.69, 9.17) is 16.3 Å². The first kappa shape index (κ1) is 16.5. The third kappa shape index (κ3) is 6.95. The van der Waals surface area contributed by atoms with Crippen molar-refractivity contribution in [1.82, 2.24) is 5.32 Å². The van der Waals surface area contributed by atoms with Gasteiger partial charge in [-0.05, 0) is 36.1 Å². The fraction of sp³-hybridized carbons (Fsp3) is 0.625. The van der Waals surface area contributed by atoms with Gasteiger partial charge in [0.05, 0.1) is 12.7 Å². The van der Waals surface area contributed by atoms with Crippen molar-refractivity contribution in [3.8, 4) is 0 Å². The van der Waals surface area contributed by atoms with Gasteiger partial charge in [-0.2, -0.15) is 0 Å². The topological polar surface area (TPSA) is 21.3 Å². The molecule has 0 spiro atoms. The van der Waals surface area contributed by atoms with Crippen LogP contribution in [0, 0.1) is 11.8 Å². The van der Waals surface area contributed by atoms with Crippen LogP contribution < -0.4 is 5.32 Å². The Bertz CT molecular complexity index is 348. The summed E-state index contributed by atoms with van der Waals surface area (Å²) in [5, 5.41) is 4.23. The predicted octanol–water partition coefficient (Wildman–Crippen LogP) is 4.13. The Balaban J connectivity index is 2.38. The molecule has 1 N–H and O–H groups in total. The first-order valence-electron chi connectivity index (χ1n) is 7.05. The van der Waals surface area contributed by atoms with Crippen LogP contribution in [0.2, 0.25) is 5.02 Å². The molecular formula is C16H26ClNO.